The van der Waals surface area contributed by atoms with Crippen LogP contribution in [0.1, 0.15) is 61.9 Å². The Morgan fingerprint density at radius 2 is 1.68 bits per heavy atom. The fourth-order valence-electron chi connectivity index (χ4n) is 5.74. The minimum absolute atomic E-state index is 0.0386. The van der Waals surface area contributed by atoms with Gasteiger partial charge < -0.3 is 0 Å². The minimum Gasteiger partial charge on any atom is -0.277 e. The maximum atomic E-state index is 13.7. The number of hydrogen-bond acceptors (Lipinski definition) is 1. The van der Waals surface area contributed by atoms with Crippen LogP contribution in [0.3, 0.4) is 0 Å². The lowest BCUT2D eigenvalue weighted by atomic mass is 9.70. The molecule has 144 valence electrons. The van der Waals surface area contributed by atoms with Crippen LogP contribution in [0.5, 0.6) is 0 Å². The summed E-state index contributed by atoms with van der Waals surface area (Å²) in [5.41, 5.74) is 6.07. The van der Waals surface area contributed by atoms with E-state index in [0.717, 1.165) is 30.6 Å². The first kappa shape index (κ1) is 17.5. The second kappa shape index (κ2) is 5.73. The van der Waals surface area contributed by atoms with Gasteiger partial charge in [0.15, 0.2) is 0 Å². The summed E-state index contributed by atoms with van der Waals surface area (Å²) in [6, 6.07) is 18.8. The molecular formula is C25H28N2O. The van der Waals surface area contributed by atoms with E-state index in [9.17, 15) is 4.79 Å². The molecule has 2 atom stereocenters. The van der Waals surface area contributed by atoms with Gasteiger partial charge in [0, 0.05) is 11.0 Å². The van der Waals surface area contributed by atoms with E-state index >= 15 is 0 Å². The highest BCUT2D eigenvalue weighted by Gasteiger charge is 2.62. The summed E-state index contributed by atoms with van der Waals surface area (Å²) in [4.78, 5) is 13.7. The fourth-order valence-corrected chi connectivity index (χ4v) is 5.74. The highest BCUT2D eigenvalue weighted by Crippen LogP contribution is 2.67. The summed E-state index contributed by atoms with van der Waals surface area (Å²) in [6.45, 7) is 9.89. The number of benzene rings is 2. The van der Waals surface area contributed by atoms with Gasteiger partial charge in [-0.2, -0.15) is 0 Å². The zero-order valence-electron chi connectivity index (χ0n) is 17.2. The van der Waals surface area contributed by atoms with Crippen LogP contribution < -0.4 is 5.56 Å². The predicted molar refractivity (Wildman–Crippen MR) is 113 cm³/mol. The molecule has 3 nitrogen and oxygen atoms in total. The van der Waals surface area contributed by atoms with Gasteiger partial charge in [0.1, 0.15) is 0 Å². The average molecular weight is 373 g/mol. The van der Waals surface area contributed by atoms with Crippen molar-refractivity contribution in [3.05, 3.63) is 87.3 Å². The lowest BCUT2D eigenvalue weighted by Gasteiger charge is -2.36. The number of aryl methyl sites for hydroxylation is 1. The Kier molecular flexibility index (Phi) is 3.59. The largest absolute Gasteiger partial charge is 0.277 e. The molecule has 1 aromatic heterocycles. The topological polar surface area (TPSA) is 26.9 Å². The summed E-state index contributed by atoms with van der Waals surface area (Å²) in [6.07, 6.45) is 2.28. The normalized spacial score (nSPS) is 24.5. The molecule has 2 aromatic carbocycles. The summed E-state index contributed by atoms with van der Waals surface area (Å²) in [7, 11) is 0. The molecule has 2 bridgehead atoms. The number of aromatic nitrogens is 2. The van der Waals surface area contributed by atoms with Gasteiger partial charge in [-0.05, 0) is 48.8 Å². The fraction of sp³-hybridized carbons (Fsp3) is 0.400. The van der Waals surface area contributed by atoms with Crippen LogP contribution in [0, 0.1) is 12.3 Å². The Morgan fingerprint density at radius 1 is 1.00 bits per heavy atom. The molecule has 0 aliphatic heterocycles. The monoisotopic (exact) mass is 372 g/mol. The first-order valence-corrected chi connectivity index (χ1v) is 10.3. The van der Waals surface area contributed by atoms with Crippen LogP contribution in [-0.2, 0) is 12.0 Å². The van der Waals surface area contributed by atoms with Crippen molar-refractivity contribution < 1.29 is 0 Å². The molecule has 0 saturated heterocycles. The van der Waals surface area contributed by atoms with Gasteiger partial charge in [-0.1, -0.05) is 68.8 Å². The van der Waals surface area contributed by atoms with Crippen molar-refractivity contribution in [2.24, 2.45) is 5.41 Å². The maximum Gasteiger partial charge on any atom is 0.275 e. The zero-order chi connectivity index (χ0) is 19.7. The third kappa shape index (κ3) is 2.13. The smallest absolute Gasteiger partial charge is 0.275 e. The van der Waals surface area contributed by atoms with Crippen LogP contribution in [0.2, 0.25) is 0 Å². The molecule has 0 spiro atoms. The summed E-state index contributed by atoms with van der Waals surface area (Å²) in [5.74, 6) is 0.355. The molecule has 3 heteroatoms. The Morgan fingerprint density at radius 3 is 2.36 bits per heavy atom. The third-order valence-electron chi connectivity index (χ3n) is 7.73. The second-order valence-electron chi connectivity index (χ2n) is 9.40. The summed E-state index contributed by atoms with van der Waals surface area (Å²) < 4.78 is 4.21. The third-order valence-corrected chi connectivity index (χ3v) is 7.73. The Balaban J connectivity index is 1.79. The number of rotatable bonds is 3. The molecule has 0 radical (unpaired) electrons. The zero-order valence-corrected chi connectivity index (χ0v) is 17.2. The molecule has 0 N–H and O–H groups in total. The molecule has 0 unspecified atom stereocenters. The Bertz CT molecular complexity index is 1100. The van der Waals surface area contributed by atoms with Gasteiger partial charge in [0.2, 0.25) is 0 Å². The Labute approximate surface area is 166 Å². The van der Waals surface area contributed by atoms with Crippen LogP contribution >= 0.6 is 0 Å². The molecule has 5 rings (SSSR count). The maximum absolute atomic E-state index is 13.7. The standard InChI is InChI=1S/C25H28N2O/c1-17-10-12-19(13-11-17)27-23(28)21-20-14-15-25(4,24(20,2)3)22(21)26(27)16-18-8-6-5-7-9-18/h5-13,20H,14-16H2,1-4H3/t20-,25+/m1/s1. The van der Waals surface area contributed by atoms with E-state index in [0.29, 0.717) is 5.92 Å². The first-order chi connectivity index (χ1) is 13.3. The molecule has 1 fully saturated rings. The van der Waals surface area contributed by atoms with Crippen molar-refractivity contribution in [3.8, 4) is 5.69 Å². The molecule has 2 aliphatic carbocycles. The van der Waals surface area contributed by atoms with E-state index in [2.05, 4.69) is 80.9 Å². The van der Waals surface area contributed by atoms with Crippen molar-refractivity contribution in [2.45, 2.75) is 58.4 Å². The predicted octanol–water partition coefficient (Wildman–Crippen LogP) is 5.17. The van der Waals surface area contributed by atoms with Crippen LogP contribution in [-0.4, -0.2) is 9.36 Å². The molecule has 1 saturated carbocycles. The van der Waals surface area contributed by atoms with E-state index in [1.807, 2.05) is 10.7 Å². The van der Waals surface area contributed by atoms with E-state index in [1.54, 1.807) is 0 Å². The van der Waals surface area contributed by atoms with Crippen molar-refractivity contribution in [1.82, 2.24) is 9.36 Å². The first-order valence-electron chi connectivity index (χ1n) is 10.3. The van der Waals surface area contributed by atoms with Gasteiger partial charge in [0.05, 0.1) is 17.9 Å². The van der Waals surface area contributed by atoms with Crippen LogP contribution in [0.25, 0.3) is 5.69 Å². The molecule has 0 amide bonds. The Hall–Kier alpha value is -2.55. The van der Waals surface area contributed by atoms with Gasteiger partial charge in [-0.15, -0.1) is 0 Å². The van der Waals surface area contributed by atoms with E-state index in [-0.39, 0.29) is 16.4 Å². The molecule has 2 aliphatic rings. The van der Waals surface area contributed by atoms with Gasteiger partial charge >= 0.3 is 0 Å². The van der Waals surface area contributed by atoms with Crippen LogP contribution in [0.15, 0.2) is 59.4 Å². The minimum atomic E-state index is 0.0386. The van der Waals surface area contributed by atoms with E-state index in [4.69, 9.17) is 0 Å². The number of fused-ring (bicyclic) bond motifs is 5. The van der Waals surface area contributed by atoms with Crippen molar-refractivity contribution in [3.63, 3.8) is 0 Å². The van der Waals surface area contributed by atoms with Crippen molar-refractivity contribution in [1.29, 1.82) is 0 Å². The van der Waals surface area contributed by atoms with Gasteiger partial charge in [-0.25, -0.2) is 4.68 Å². The molecule has 3 aromatic rings. The van der Waals surface area contributed by atoms with E-state index in [1.165, 1.54) is 16.8 Å². The average Bonchev–Trinajstić information content (AvgIpc) is 3.15. The number of hydrogen-bond donors (Lipinski definition) is 0. The lowest BCUT2D eigenvalue weighted by Crippen LogP contribution is -2.36. The highest BCUT2D eigenvalue weighted by molar-refractivity contribution is 5.48. The quantitative estimate of drug-likeness (QED) is 0.623. The van der Waals surface area contributed by atoms with Crippen molar-refractivity contribution >= 4 is 0 Å². The van der Waals surface area contributed by atoms with Crippen LogP contribution in [0.4, 0.5) is 0 Å². The SMILES string of the molecule is Cc1ccc(-n2c(=O)c3c(n2Cc2ccccc2)[C@]2(C)CC[C@H]3C2(C)C)cc1. The molecule has 28 heavy (non-hydrogen) atoms. The highest BCUT2D eigenvalue weighted by atomic mass is 16.1. The van der Waals surface area contributed by atoms with E-state index < -0.39 is 0 Å². The summed E-state index contributed by atoms with van der Waals surface area (Å²) >= 11 is 0. The van der Waals surface area contributed by atoms with Crippen molar-refractivity contribution in [2.75, 3.05) is 0 Å². The van der Waals surface area contributed by atoms with Gasteiger partial charge in [0.25, 0.3) is 5.56 Å². The molecule has 1 heterocycles. The second-order valence-corrected chi connectivity index (χ2v) is 9.40. The number of nitrogens with zero attached hydrogens (tertiary/aromatic N) is 2. The summed E-state index contributed by atoms with van der Waals surface area (Å²) in [5, 5.41) is 0. The van der Waals surface area contributed by atoms with Gasteiger partial charge in [-0.3, -0.25) is 9.48 Å². The lowest BCUT2D eigenvalue weighted by molar-refractivity contribution is 0.216. The molecular weight excluding hydrogens is 344 g/mol.